The Morgan fingerprint density at radius 3 is 2.51 bits per heavy atom. The molecule has 0 radical (unpaired) electrons. The van der Waals surface area contributed by atoms with Crippen LogP contribution in [0.3, 0.4) is 0 Å². The highest BCUT2D eigenvalue weighted by Crippen LogP contribution is 2.32. The van der Waals surface area contributed by atoms with Crippen LogP contribution in [0, 0.1) is 11.7 Å². The molecule has 7 nitrogen and oxygen atoms in total. The Bertz CT molecular complexity index is 1610. The van der Waals surface area contributed by atoms with Crippen molar-refractivity contribution in [3.63, 3.8) is 0 Å². The highest BCUT2D eigenvalue weighted by Gasteiger charge is 2.38. The number of rotatable bonds is 5. The van der Waals surface area contributed by atoms with Gasteiger partial charge >= 0.3 is 11.9 Å². The van der Waals surface area contributed by atoms with E-state index in [0.29, 0.717) is 43.3 Å². The summed E-state index contributed by atoms with van der Waals surface area (Å²) in [6.45, 7) is 0.345. The fraction of sp³-hybridized carbons (Fsp3) is 0.308. The van der Waals surface area contributed by atoms with Crippen LogP contribution < -0.4 is 11.0 Å². The number of halogens is 6. The molecule has 204 valence electrons. The van der Waals surface area contributed by atoms with Crippen molar-refractivity contribution in [3.8, 4) is 5.69 Å². The maximum Gasteiger partial charge on any atom is 0.434 e. The highest BCUT2D eigenvalue weighted by atomic mass is 35.5. The summed E-state index contributed by atoms with van der Waals surface area (Å²) in [4.78, 5) is 33.6. The van der Waals surface area contributed by atoms with Gasteiger partial charge < -0.3 is 5.32 Å². The number of carbonyl (C=O) groups is 1. The second-order valence-corrected chi connectivity index (χ2v) is 10.3. The predicted molar refractivity (Wildman–Crippen MR) is 138 cm³/mol. The lowest BCUT2D eigenvalue weighted by atomic mass is 9.85. The molecule has 1 aliphatic rings. The lowest BCUT2D eigenvalue weighted by Crippen LogP contribution is -2.39. The van der Waals surface area contributed by atoms with Crippen LogP contribution in [0.5, 0.6) is 0 Å². The molecule has 3 heterocycles. The van der Waals surface area contributed by atoms with Crippen molar-refractivity contribution >= 4 is 40.1 Å². The zero-order valence-corrected chi connectivity index (χ0v) is 21.7. The minimum absolute atomic E-state index is 0.0525. The minimum atomic E-state index is -4.80. The van der Waals surface area contributed by atoms with Crippen LogP contribution in [-0.2, 0) is 12.7 Å². The summed E-state index contributed by atoms with van der Waals surface area (Å²) >= 11 is 12.1. The number of hydrogen-bond acceptors (Lipinski definition) is 4. The van der Waals surface area contributed by atoms with E-state index in [4.69, 9.17) is 23.2 Å². The number of alkyl halides is 3. The standard InChI is InChI=1S/C26H21Cl2F4N5O2/c27-15-9-18(23(34-11-15)26(30,31)32)24(38)35-17-4-1-14(2-5-17)13-36-22-12-33-8-7-20(22)37(25(36)39)21-10-16(29)3-6-19(21)28/h3,6-12,14,17H,1-2,4-5,13H2,(H,35,38)/t14-,17-. The van der Waals surface area contributed by atoms with E-state index >= 15 is 0 Å². The number of nitrogens with one attached hydrogen (secondary N) is 1. The fourth-order valence-electron chi connectivity index (χ4n) is 5.02. The number of hydrogen-bond donors (Lipinski definition) is 1. The highest BCUT2D eigenvalue weighted by molar-refractivity contribution is 6.32. The van der Waals surface area contributed by atoms with Gasteiger partial charge in [-0.05, 0) is 61.9 Å². The van der Waals surface area contributed by atoms with Crippen LogP contribution in [0.15, 0.2) is 53.7 Å². The maximum absolute atomic E-state index is 14.0. The van der Waals surface area contributed by atoms with Crippen molar-refractivity contribution < 1.29 is 22.4 Å². The first kappa shape index (κ1) is 27.1. The molecule has 4 aromatic rings. The van der Waals surface area contributed by atoms with Gasteiger partial charge in [0.2, 0.25) is 0 Å². The largest absolute Gasteiger partial charge is 0.434 e. The molecule has 1 fully saturated rings. The number of imidazole rings is 1. The second kappa shape index (κ2) is 10.6. The van der Waals surface area contributed by atoms with Crippen molar-refractivity contribution in [1.82, 2.24) is 24.4 Å². The molecule has 3 aromatic heterocycles. The quantitative estimate of drug-likeness (QED) is 0.291. The van der Waals surface area contributed by atoms with Crippen LogP contribution in [-0.4, -0.2) is 31.1 Å². The lowest BCUT2D eigenvalue weighted by molar-refractivity contribution is -0.141. The number of fused-ring (bicyclic) bond motifs is 1. The average Bonchev–Trinajstić information content (AvgIpc) is 3.16. The molecule has 0 bridgehead atoms. The van der Waals surface area contributed by atoms with E-state index in [2.05, 4.69) is 15.3 Å². The van der Waals surface area contributed by atoms with Gasteiger partial charge in [-0.15, -0.1) is 0 Å². The Morgan fingerprint density at radius 2 is 1.79 bits per heavy atom. The van der Waals surface area contributed by atoms with Crippen LogP contribution in [0.2, 0.25) is 10.0 Å². The molecule has 1 amide bonds. The molecule has 1 N–H and O–H groups in total. The Morgan fingerprint density at radius 1 is 1.05 bits per heavy atom. The second-order valence-electron chi connectivity index (χ2n) is 9.43. The molecule has 0 atom stereocenters. The van der Waals surface area contributed by atoms with Gasteiger partial charge in [-0.1, -0.05) is 23.2 Å². The van der Waals surface area contributed by atoms with E-state index in [0.717, 1.165) is 12.3 Å². The van der Waals surface area contributed by atoms with Crippen LogP contribution in [0.25, 0.3) is 16.7 Å². The predicted octanol–water partition coefficient (Wildman–Crippen LogP) is 6.04. The van der Waals surface area contributed by atoms with Gasteiger partial charge in [0.1, 0.15) is 5.82 Å². The van der Waals surface area contributed by atoms with Crippen molar-refractivity contribution in [2.24, 2.45) is 5.92 Å². The summed E-state index contributed by atoms with van der Waals surface area (Å²) in [6, 6.07) is 6.05. The summed E-state index contributed by atoms with van der Waals surface area (Å²) in [5.74, 6) is -1.37. The van der Waals surface area contributed by atoms with E-state index in [-0.39, 0.29) is 27.7 Å². The third-order valence-corrected chi connectivity index (χ3v) is 7.40. The summed E-state index contributed by atoms with van der Waals surface area (Å²) in [5.41, 5.74) is -1.00. The average molecular weight is 582 g/mol. The van der Waals surface area contributed by atoms with Gasteiger partial charge in [0.15, 0.2) is 5.69 Å². The molecule has 39 heavy (non-hydrogen) atoms. The van der Waals surface area contributed by atoms with Crippen LogP contribution >= 0.6 is 23.2 Å². The van der Waals surface area contributed by atoms with Gasteiger partial charge in [-0.25, -0.2) is 14.2 Å². The monoisotopic (exact) mass is 581 g/mol. The number of nitrogens with zero attached hydrogens (tertiary/aromatic N) is 4. The lowest BCUT2D eigenvalue weighted by Gasteiger charge is -2.29. The van der Waals surface area contributed by atoms with Crippen molar-refractivity contribution in [1.29, 1.82) is 0 Å². The first-order valence-electron chi connectivity index (χ1n) is 12.1. The third-order valence-electron chi connectivity index (χ3n) is 6.87. The number of aromatic nitrogens is 4. The number of pyridine rings is 2. The topological polar surface area (TPSA) is 81.8 Å². The Balaban J connectivity index is 1.32. The van der Waals surface area contributed by atoms with E-state index in [1.165, 1.54) is 29.0 Å². The van der Waals surface area contributed by atoms with E-state index in [9.17, 15) is 27.2 Å². The summed E-state index contributed by atoms with van der Waals surface area (Å²) < 4.78 is 56.9. The van der Waals surface area contributed by atoms with Crippen molar-refractivity contribution in [3.05, 3.63) is 86.5 Å². The van der Waals surface area contributed by atoms with Gasteiger partial charge in [0.25, 0.3) is 5.91 Å². The maximum atomic E-state index is 14.0. The van der Waals surface area contributed by atoms with Crippen LogP contribution in [0.4, 0.5) is 17.6 Å². The van der Waals surface area contributed by atoms with Gasteiger partial charge in [0.05, 0.1) is 38.5 Å². The summed E-state index contributed by atoms with van der Waals surface area (Å²) in [5, 5.41) is 2.81. The molecule has 1 saturated carbocycles. The Kier molecular flexibility index (Phi) is 7.39. The zero-order valence-electron chi connectivity index (χ0n) is 20.2. The number of benzene rings is 1. The molecule has 0 unspecified atom stereocenters. The fourth-order valence-corrected chi connectivity index (χ4v) is 5.38. The number of amides is 1. The molecule has 5 rings (SSSR count). The van der Waals surface area contributed by atoms with E-state index < -0.39 is 34.8 Å². The van der Waals surface area contributed by atoms with Gasteiger partial charge in [-0.3, -0.25) is 18.9 Å². The molecule has 0 aliphatic heterocycles. The molecule has 0 saturated heterocycles. The third kappa shape index (κ3) is 5.51. The first-order valence-corrected chi connectivity index (χ1v) is 12.8. The van der Waals surface area contributed by atoms with Crippen molar-refractivity contribution in [2.75, 3.05) is 0 Å². The SMILES string of the molecule is O=C(N[C@H]1CC[C@H](Cn2c(=O)n(-c3cc(F)ccc3Cl)c3ccncc32)CC1)c1cc(Cl)cnc1C(F)(F)F. The first-order chi connectivity index (χ1) is 18.5. The van der Waals surface area contributed by atoms with Gasteiger partial charge in [-0.2, -0.15) is 13.2 Å². The molecule has 0 spiro atoms. The molecule has 1 aromatic carbocycles. The Hall–Kier alpha value is -3.44. The summed E-state index contributed by atoms with van der Waals surface area (Å²) in [7, 11) is 0. The number of carbonyl (C=O) groups excluding carboxylic acids is 1. The van der Waals surface area contributed by atoms with Crippen LogP contribution in [0.1, 0.15) is 41.7 Å². The smallest absolute Gasteiger partial charge is 0.349 e. The molecular formula is C26H21Cl2F4N5O2. The van der Waals surface area contributed by atoms with E-state index in [1.54, 1.807) is 16.8 Å². The van der Waals surface area contributed by atoms with E-state index in [1.807, 2.05) is 0 Å². The Labute approximate surface area is 229 Å². The minimum Gasteiger partial charge on any atom is -0.349 e. The summed E-state index contributed by atoms with van der Waals surface area (Å²) in [6.07, 6.45) is 1.39. The molecule has 1 aliphatic carbocycles. The van der Waals surface area contributed by atoms with Crippen molar-refractivity contribution in [2.45, 2.75) is 44.4 Å². The normalized spacial score (nSPS) is 17.9. The molecule has 13 heteroatoms. The van der Waals surface area contributed by atoms with Gasteiger partial charge in [0, 0.05) is 25.0 Å². The molecular weight excluding hydrogens is 561 g/mol. The zero-order chi connectivity index (χ0) is 27.9.